The molecule has 2 N–H and O–H groups in total. The standard InChI is InChI=1S/C16H27NO3/c1-6-17-12(2)14-8-7-13(19-5)11-15(14)20-10-9-16(3,4)18/h7-8,11-12,17-18H,6,9-10H2,1-5H3. The zero-order valence-electron chi connectivity index (χ0n) is 13.2. The van der Waals surface area contributed by atoms with E-state index < -0.39 is 5.60 Å². The number of rotatable bonds is 8. The number of ether oxygens (including phenoxy) is 2. The van der Waals surface area contributed by atoms with Gasteiger partial charge in [-0.3, -0.25) is 0 Å². The first kappa shape index (κ1) is 16.8. The summed E-state index contributed by atoms with van der Waals surface area (Å²) in [6, 6.07) is 6.06. The molecule has 0 radical (unpaired) electrons. The van der Waals surface area contributed by atoms with Gasteiger partial charge < -0.3 is 19.9 Å². The third-order valence-electron chi connectivity index (χ3n) is 3.17. The largest absolute Gasteiger partial charge is 0.497 e. The molecule has 1 atom stereocenters. The molecule has 0 bridgehead atoms. The van der Waals surface area contributed by atoms with Gasteiger partial charge >= 0.3 is 0 Å². The Kier molecular flexibility index (Phi) is 6.30. The Morgan fingerprint density at radius 2 is 2.05 bits per heavy atom. The molecule has 114 valence electrons. The predicted molar refractivity (Wildman–Crippen MR) is 81.5 cm³/mol. The van der Waals surface area contributed by atoms with E-state index in [4.69, 9.17) is 9.47 Å². The number of benzene rings is 1. The molecule has 0 saturated heterocycles. The van der Waals surface area contributed by atoms with Crippen molar-refractivity contribution in [3.8, 4) is 11.5 Å². The van der Waals surface area contributed by atoms with Crippen LogP contribution in [0.2, 0.25) is 0 Å². The zero-order chi connectivity index (χ0) is 15.2. The van der Waals surface area contributed by atoms with Crippen LogP contribution in [0.25, 0.3) is 0 Å². The van der Waals surface area contributed by atoms with Crippen molar-refractivity contribution in [2.24, 2.45) is 0 Å². The second kappa shape index (κ2) is 7.50. The van der Waals surface area contributed by atoms with Crippen LogP contribution >= 0.6 is 0 Å². The SMILES string of the molecule is CCNC(C)c1ccc(OC)cc1OCCC(C)(C)O. The molecule has 0 fully saturated rings. The lowest BCUT2D eigenvalue weighted by atomic mass is 10.1. The number of hydrogen-bond acceptors (Lipinski definition) is 4. The van der Waals surface area contributed by atoms with E-state index in [2.05, 4.69) is 19.2 Å². The predicted octanol–water partition coefficient (Wildman–Crippen LogP) is 2.91. The van der Waals surface area contributed by atoms with Gasteiger partial charge in [0.05, 0.1) is 19.3 Å². The Bertz CT molecular complexity index is 413. The minimum absolute atomic E-state index is 0.211. The minimum atomic E-state index is -0.716. The van der Waals surface area contributed by atoms with Crippen molar-refractivity contribution in [1.29, 1.82) is 0 Å². The van der Waals surface area contributed by atoms with Crippen LogP contribution in [0.15, 0.2) is 18.2 Å². The van der Waals surface area contributed by atoms with Crippen molar-refractivity contribution in [3.05, 3.63) is 23.8 Å². The molecule has 4 nitrogen and oxygen atoms in total. The van der Waals surface area contributed by atoms with Crippen LogP contribution in [-0.2, 0) is 0 Å². The van der Waals surface area contributed by atoms with Gasteiger partial charge in [0.2, 0.25) is 0 Å². The molecule has 4 heteroatoms. The maximum Gasteiger partial charge on any atom is 0.127 e. The Morgan fingerprint density at radius 1 is 1.35 bits per heavy atom. The topological polar surface area (TPSA) is 50.7 Å². The van der Waals surface area contributed by atoms with E-state index in [-0.39, 0.29) is 6.04 Å². The van der Waals surface area contributed by atoms with E-state index >= 15 is 0 Å². The quantitative estimate of drug-likeness (QED) is 0.769. The maximum absolute atomic E-state index is 9.74. The van der Waals surface area contributed by atoms with Gasteiger partial charge in [0.1, 0.15) is 11.5 Å². The first-order valence-electron chi connectivity index (χ1n) is 7.14. The molecule has 0 saturated carbocycles. The third kappa shape index (κ3) is 5.39. The number of aliphatic hydroxyl groups is 1. The van der Waals surface area contributed by atoms with Crippen LogP contribution in [0, 0.1) is 0 Å². The summed E-state index contributed by atoms with van der Waals surface area (Å²) >= 11 is 0. The van der Waals surface area contributed by atoms with Crippen molar-refractivity contribution in [2.75, 3.05) is 20.3 Å². The van der Waals surface area contributed by atoms with Crippen LogP contribution < -0.4 is 14.8 Å². The molecule has 0 amide bonds. The van der Waals surface area contributed by atoms with E-state index in [1.165, 1.54) is 0 Å². The van der Waals surface area contributed by atoms with Gasteiger partial charge in [-0.15, -0.1) is 0 Å². The average molecular weight is 281 g/mol. The highest BCUT2D eigenvalue weighted by Gasteiger charge is 2.15. The number of methoxy groups -OCH3 is 1. The third-order valence-corrected chi connectivity index (χ3v) is 3.17. The van der Waals surface area contributed by atoms with Crippen molar-refractivity contribution in [3.63, 3.8) is 0 Å². The van der Waals surface area contributed by atoms with Gasteiger partial charge in [-0.2, -0.15) is 0 Å². The van der Waals surface area contributed by atoms with Crippen molar-refractivity contribution in [2.45, 2.75) is 45.8 Å². The molecule has 1 aromatic rings. The highest BCUT2D eigenvalue weighted by molar-refractivity contribution is 5.42. The summed E-state index contributed by atoms with van der Waals surface area (Å²) in [7, 11) is 1.64. The maximum atomic E-state index is 9.74. The second-order valence-electron chi connectivity index (χ2n) is 5.59. The van der Waals surface area contributed by atoms with Gasteiger partial charge in [0, 0.05) is 24.1 Å². The molecule has 0 aliphatic carbocycles. The van der Waals surface area contributed by atoms with Gasteiger partial charge in [-0.1, -0.05) is 13.0 Å². The fourth-order valence-corrected chi connectivity index (χ4v) is 1.95. The van der Waals surface area contributed by atoms with Crippen LogP contribution in [0.4, 0.5) is 0 Å². The van der Waals surface area contributed by atoms with E-state index in [0.717, 1.165) is 23.6 Å². The summed E-state index contributed by atoms with van der Waals surface area (Å²) in [6.07, 6.45) is 0.583. The molecule has 20 heavy (non-hydrogen) atoms. The molecule has 1 rings (SSSR count). The summed E-state index contributed by atoms with van der Waals surface area (Å²) in [5.74, 6) is 1.58. The van der Waals surface area contributed by atoms with Crippen molar-refractivity contribution in [1.82, 2.24) is 5.32 Å². The van der Waals surface area contributed by atoms with E-state index in [1.54, 1.807) is 21.0 Å². The van der Waals surface area contributed by atoms with E-state index in [9.17, 15) is 5.11 Å². The van der Waals surface area contributed by atoms with Crippen molar-refractivity contribution >= 4 is 0 Å². The number of hydrogen-bond donors (Lipinski definition) is 2. The highest BCUT2D eigenvalue weighted by Crippen LogP contribution is 2.30. The smallest absolute Gasteiger partial charge is 0.127 e. The average Bonchev–Trinajstić information content (AvgIpc) is 2.37. The van der Waals surface area contributed by atoms with Gasteiger partial charge in [0.15, 0.2) is 0 Å². The Hall–Kier alpha value is -1.26. The van der Waals surface area contributed by atoms with Crippen LogP contribution in [0.5, 0.6) is 11.5 Å². The fraction of sp³-hybridized carbons (Fsp3) is 0.625. The van der Waals surface area contributed by atoms with Gasteiger partial charge in [0.25, 0.3) is 0 Å². The van der Waals surface area contributed by atoms with E-state index in [1.807, 2.05) is 18.2 Å². The second-order valence-corrected chi connectivity index (χ2v) is 5.59. The van der Waals surface area contributed by atoms with E-state index in [0.29, 0.717) is 13.0 Å². The molecule has 1 aromatic carbocycles. The summed E-state index contributed by atoms with van der Waals surface area (Å²) in [6.45, 7) is 9.12. The molecule has 0 spiro atoms. The van der Waals surface area contributed by atoms with Crippen LogP contribution in [0.1, 0.15) is 45.7 Å². The monoisotopic (exact) mass is 281 g/mol. The number of nitrogens with one attached hydrogen (secondary N) is 1. The summed E-state index contributed by atoms with van der Waals surface area (Å²) in [5.41, 5.74) is 0.384. The van der Waals surface area contributed by atoms with Gasteiger partial charge in [-0.25, -0.2) is 0 Å². The molecule has 0 heterocycles. The lowest BCUT2D eigenvalue weighted by molar-refractivity contribution is 0.0551. The zero-order valence-corrected chi connectivity index (χ0v) is 13.2. The summed E-state index contributed by atoms with van der Waals surface area (Å²) in [4.78, 5) is 0. The normalized spacial score (nSPS) is 13.1. The fourth-order valence-electron chi connectivity index (χ4n) is 1.95. The molecule has 0 aromatic heterocycles. The molecule has 0 aliphatic heterocycles. The van der Waals surface area contributed by atoms with Crippen LogP contribution in [0.3, 0.4) is 0 Å². The Morgan fingerprint density at radius 3 is 2.60 bits per heavy atom. The Labute approximate surface area is 122 Å². The Balaban J connectivity index is 2.83. The molecule has 0 aliphatic rings. The molecular formula is C16H27NO3. The van der Waals surface area contributed by atoms with Gasteiger partial charge in [-0.05, 0) is 33.4 Å². The highest BCUT2D eigenvalue weighted by atomic mass is 16.5. The minimum Gasteiger partial charge on any atom is -0.497 e. The van der Waals surface area contributed by atoms with Crippen LogP contribution in [-0.4, -0.2) is 31.0 Å². The molecular weight excluding hydrogens is 254 g/mol. The summed E-state index contributed by atoms with van der Waals surface area (Å²) in [5, 5.41) is 13.1. The summed E-state index contributed by atoms with van der Waals surface area (Å²) < 4.78 is 11.1. The molecule has 1 unspecified atom stereocenters. The lowest BCUT2D eigenvalue weighted by Gasteiger charge is -2.21. The lowest BCUT2D eigenvalue weighted by Crippen LogP contribution is -2.23. The van der Waals surface area contributed by atoms with Crippen molar-refractivity contribution < 1.29 is 14.6 Å². The first-order chi connectivity index (χ1) is 9.37. The first-order valence-corrected chi connectivity index (χ1v) is 7.14.